The van der Waals surface area contributed by atoms with E-state index in [9.17, 15) is 4.79 Å². The molecule has 0 saturated heterocycles. The van der Waals surface area contributed by atoms with Crippen LogP contribution >= 0.6 is 0 Å². The molecule has 1 aromatic rings. The minimum Gasteiger partial charge on any atom is -0.375 e. The standard InChI is InChI=1S/C10H14N2O2/c1-8(12-10(13)7-14-2)9-3-5-11-6-4-9/h3-6,8H,7H2,1-2H3,(H,12,13). The molecule has 0 aromatic carbocycles. The predicted octanol–water partition coefficient (Wildman–Crippen LogP) is 0.905. The average molecular weight is 194 g/mol. The molecule has 0 radical (unpaired) electrons. The van der Waals surface area contributed by atoms with Crippen LogP contribution in [0.5, 0.6) is 0 Å². The molecule has 0 spiro atoms. The number of hydrogen-bond donors (Lipinski definition) is 1. The van der Waals surface area contributed by atoms with Gasteiger partial charge in [0.1, 0.15) is 6.61 Å². The molecule has 0 bridgehead atoms. The smallest absolute Gasteiger partial charge is 0.246 e. The maximum atomic E-state index is 11.2. The van der Waals surface area contributed by atoms with Crippen molar-refractivity contribution in [2.24, 2.45) is 0 Å². The predicted molar refractivity (Wildman–Crippen MR) is 52.7 cm³/mol. The molecule has 0 aliphatic heterocycles. The molecule has 1 rings (SSSR count). The van der Waals surface area contributed by atoms with Crippen LogP contribution in [-0.2, 0) is 9.53 Å². The summed E-state index contributed by atoms with van der Waals surface area (Å²) >= 11 is 0. The van der Waals surface area contributed by atoms with Crippen LogP contribution in [0.4, 0.5) is 0 Å². The Hall–Kier alpha value is -1.42. The highest BCUT2D eigenvalue weighted by Gasteiger charge is 2.07. The highest BCUT2D eigenvalue weighted by Crippen LogP contribution is 2.09. The molecule has 1 N–H and O–H groups in total. The fourth-order valence-electron chi connectivity index (χ4n) is 1.15. The number of carbonyl (C=O) groups excluding carboxylic acids is 1. The number of nitrogens with one attached hydrogen (secondary N) is 1. The normalized spacial score (nSPS) is 12.1. The van der Waals surface area contributed by atoms with Gasteiger partial charge in [0.25, 0.3) is 0 Å². The molecule has 0 fully saturated rings. The minimum atomic E-state index is -0.114. The van der Waals surface area contributed by atoms with Gasteiger partial charge in [-0.3, -0.25) is 9.78 Å². The Morgan fingerprint density at radius 2 is 2.21 bits per heavy atom. The van der Waals surface area contributed by atoms with Crippen molar-refractivity contribution in [2.45, 2.75) is 13.0 Å². The third kappa shape index (κ3) is 3.14. The highest BCUT2D eigenvalue weighted by atomic mass is 16.5. The lowest BCUT2D eigenvalue weighted by molar-refractivity contribution is -0.125. The minimum absolute atomic E-state index is 0.0133. The number of hydrogen-bond acceptors (Lipinski definition) is 3. The maximum Gasteiger partial charge on any atom is 0.246 e. The second-order valence-electron chi connectivity index (χ2n) is 3.00. The number of nitrogens with zero attached hydrogens (tertiary/aromatic N) is 1. The van der Waals surface area contributed by atoms with Gasteiger partial charge in [0.05, 0.1) is 6.04 Å². The molecule has 1 unspecified atom stereocenters. The molecule has 0 aliphatic carbocycles. The number of amides is 1. The van der Waals surface area contributed by atoms with Crippen LogP contribution < -0.4 is 5.32 Å². The van der Waals surface area contributed by atoms with E-state index in [1.807, 2.05) is 19.1 Å². The van der Waals surface area contributed by atoms with Gasteiger partial charge in [0.2, 0.25) is 5.91 Å². The number of pyridine rings is 1. The first-order valence-electron chi connectivity index (χ1n) is 4.42. The molecule has 14 heavy (non-hydrogen) atoms. The molecule has 4 nitrogen and oxygen atoms in total. The first-order chi connectivity index (χ1) is 6.74. The van der Waals surface area contributed by atoms with Gasteiger partial charge in [-0.2, -0.15) is 0 Å². The lowest BCUT2D eigenvalue weighted by Gasteiger charge is -2.13. The second-order valence-corrected chi connectivity index (χ2v) is 3.00. The van der Waals surface area contributed by atoms with Crippen molar-refractivity contribution >= 4 is 5.91 Å². The van der Waals surface area contributed by atoms with E-state index >= 15 is 0 Å². The summed E-state index contributed by atoms with van der Waals surface area (Å²) in [5.41, 5.74) is 1.03. The Morgan fingerprint density at radius 1 is 1.57 bits per heavy atom. The van der Waals surface area contributed by atoms with Crippen LogP contribution in [0.3, 0.4) is 0 Å². The first kappa shape index (κ1) is 10.7. The number of carbonyl (C=O) groups is 1. The van der Waals surface area contributed by atoms with E-state index in [1.54, 1.807) is 12.4 Å². The summed E-state index contributed by atoms with van der Waals surface area (Å²) in [6.07, 6.45) is 3.41. The van der Waals surface area contributed by atoms with E-state index < -0.39 is 0 Å². The topological polar surface area (TPSA) is 51.2 Å². The summed E-state index contributed by atoms with van der Waals surface area (Å²) in [5.74, 6) is -0.114. The Morgan fingerprint density at radius 3 is 2.79 bits per heavy atom. The summed E-state index contributed by atoms with van der Waals surface area (Å²) in [5, 5.41) is 2.81. The summed E-state index contributed by atoms with van der Waals surface area (Å²) < 4.78 is 4.72. The Balaban J connectivity index is 2.50. The summed E-state index contributed by atoms with van der Waals surface area (Å²) in [6, 6.07) is 3.73. The van der Waals surface area contributed by atoms with E-state index in [4.69, 9.17) is 4.74 Å². The van der Waals surface area contributed by atoms with Gasteiger partial charge >= 0.3 is 0 Å². The van der Waals surface area contributed by atoms with E-state index in [0.29, 0.717) is 0 Å². The van der Waals surface area contributed by atoms with E-state index in [1.165, 1.54) is 7.11 Å². The zero-order valence-electron chi connectivity index (χ0n) is 8.36. The van der Waals surface area contributed by atoms with Gasteiger partial charge in [0, 0.05) is 19.5 Å². The van der Waals surface area contributed by atoms with Gasteiger partial charge in [-0.25, -0.2) is 0 Å². The zero-order valence-corrected chi connectivity index (χ0v) is 8.36. The monoisotopic (exact) mass is 194 g/mol. The van der Waals surface area contributed by atoms with Crippen molar-refractivity contribution in [1.29, 1.82) is 0 Å². The molecule has 1 aromatic heterocycles. The molecule has 4 heteroatoms. The Labute approximate surface area is 83.3 Å². The van der Waals surface area contributed by atoms with Gasteiger partial charge in [0.15, 0.2) is 0 Å². The average Bonchev–Trinajstić information content (AvgIpc) is 2.19. The SMILES string of the molecule is COCC(=O)NC(C)c1ccncc1. The van der Waals surface area contributed by atoms with Crippen molar-refractivity contribution in [3.63, 3.8) is 0 Å². The van der Waals surface area contributed by atoms with Crippen LogP contribution in [0, 0.1) is 0 Å². The lowest BCUT2D eigenvalue weighted by Crippen LogP contribution is -2.29. The third-order valence-corrected chi connectivity index (χ3v) is 1.86. The zero-order chi connectivity index (χ0) is 10.4. The van der Waals surface area contributed by atoms with Crippen LogP contribution in [0.2, 0.25) is 0 Å². The third-order valence-electron chi connectivity index (χ3n) is 1.86. The molecule has 76 valence electrons. The largest absolute Gasteiger partial charge is 0.375 e. The van der Waals surface area contributed by atoms with Crippen LogP contribution in [-0.4, -0.2) is 24.6 Å². The van der Waals surface area contributed by atoms with Crippen molar-refractivity contribution in [2.75, 3.05) is 13.7 Å². The second kappa shape index (κ2) is 5.34. The summed E-state index contributed by atoms with van der Waals surface area (Å²) in [6.45, 7) is 2.01. The van der Waals surface area contributed by atoms with Crippen LogP contribution in [0.1, 0.15) is 18.5 Å². The number of aromatic nitrogens is 1. The van der Waals surface area contributed by atoms with Crippen molar-refractivity contribution in [3.05, 3.63) is 30.1 Å². The molecule has 1 atom stereocenters. The molecule has 1 amide bonds. The maximum absolute atomic E-state index is 11.2. The molecule has 1 heterocycles. The van der Waals surface area contributed by atoms with E-state index in [-0.39, 0.29) is 18.6 Å². The quantitative estimate of drug-likeness (QED) is 0.775. The van der Waals surface area contributed by atoms with Crippen molar-refractivity contribution in [1.82, 2.24) is 10.3 Å². The fraction of sp³-hybridized carbons (Fsp3) is 0.400. The summed E-state index contributed by atoms with van der Waals surface area (Å²) in [4.78, 5) is 15.1. The van der Waals surface area contributed by atoms with Gasteiger partial charge in [-0.1, -0.05) is 0 Å². The van der Waals surface area contributed by atoms with Crippen LogP contribution in [0.25, 0.3) is 0 Å². The molecule has 0 saturated carbocycles. The van der Waals surface area contributed by atoms with Crippen molar-refractivity contribution in [3.8, 4) is 0 Å². The van der Waals surface area contributed by atoms with Crippen molar-refractivity contribution < 1.29 is 9.53 Å². The number of methoxy groups -OCH3 is 1. The lowest BCUT2D eigenvalue weighted by atomic mass is 10.1. The fourth-order valence-corrected chi connectivity index (χ4v) is 1.15. The molecular formula is C10H14N2O2. The van der Waals surface area contributed by atoms with E-state index in [2.05, 4.69) is 10.3 Å². The van der Waals surface area contributed by atoms with Crippen LogP contribution in [0.15, 0.2) is 24.5 Å². The highest BCUT2D eigenvalue weighted by molar-refractivity contribution is 5.77. The van der Waals surface area contributed by atoms with Gasteiger partial charge in [-0.15, -0.1) is 0 Å². The molecular weight excluding hydrogens is 180 g/mol. The Kier molecular flexibility index (Phi) is 4.07. The first-order valence-corrected chi connectivity index (χ1v) is 4.42. The number of ether oxygens (including phenoxy) is 1. The molecule has 0 aliphatic rings. The van der Waals surface area contributed by atoms with Gasteiger partial charge in [-0.05, 0) is 24.6 Å². The summed E-state index contributed by atoms with van der Waals surface area (Å²) in [7, 11) is 1.50. The Bertz CT molecular complexity index is 287. The number of rotatable bonds is 4. The van der Waals surface area contributed by atoms with E-state index in [0.717, 1.165) is 5.56 Å². The van der Waals surface area contributed by atoms with Gasteiger partial charge < -0.3 is 10.1 Å².